The second-order valence-corrected chi connectivity index (χ2v) is 16.2. The van der Waals surface area contributed by atoms with Crippen LogP contribution in [0.25, 0.3) is 0 Å². The van der Waals surface area contributed by atoms with Crippen LogP contribution in [0.2, 0.25) is 0 Å². The third-order valence-corrected chi connectivity index (χ3v) is 12.3. The first-order valence-electron chi connectivity index (χ1n) is 17.6. The minimum absolute atomic E-state index is 0.0291. The smallest absolute Gasteiger partial charge is 0.315 e. The molecule has 5 atom stereocenters. The predicted molar refractivity (Wildman–Crippen MR) is 173 cm³/mol. The molecule has 5 aliphatic rings. The van der Waals surface area contributed by atoms with Crippen molar-refractivity contribution < 1.29 is 32.7 Å². The van der Waals surface area contributed by atoms with Gasteiger partial charge in [-0.2, -0.15) is 0 Å². The molecule has 1 aliphatic heterocycles. The Labute approximate surface area is 275 Å². The third kappa shape index (κ3) is 8.29. The van der Waals surface area contributed by atoms with E-state index in [9.17, 15) is 32.7 Å². The number of nitrogens with one attached hydrogen (secondary N) is 4. The number of ketones is 1. The van der Waals surface area contributed by atoms with E-state index < -0.39 is 69.0 Å². The van der Waals surface area contributed by atoms with Crippen LogP contribution >= 0.6 is 0 Å². The van der Waals surface area contributed by atoms with Crippen LogP contribution in [-0.4, -0.2) is 84.7 Å². The fraction of sp³-hybridized carbons (Fsp3) is 0.848. The molecule has 0 aromatic rings. The average Bonchev–Trinajstić information content (AvgIpc) is 3.97. The Hall–Kier alpha value is -2.54. The first-order valence-corrected chi connectivity index (χ1v) is 18.7. The second-order valence-electron chi connectivity index (χ2n) is 14.9. The Kier molecular flexibility index (Phi) is 11.1. The lowest BCUT2D eigenvalue weighted by Gasteiger charge is -2.44. The van der Waals surface area contributed by atoms with E-state index in [0.717, 1.165) is 77.0 Å². The van der Waals surface area contributed by atoms with E-state index in [4.69, 9.17) is 0 Å². The number of hydrogen-bond acceptors (Lipinski definition) is 6. The molecule has 0 bridgehead atoms. The van der Waals surface area contributed by atoms with Crippen LogP contribution in [0, 0.1) is 11.3 Å². The zero-order chi connectivity index (χ0) is 33.1. The highest BCUT2D eigenvalue weighted by molar-refractivity contribution is 7.80. The number of carbonyl (C=O) groups is 5. The zero-order valence-corrected chi connectivity index (χ0v) is 28.3. The lowest BCUT2D eigenvalue weighted by atomic mass is 9.70. The Morgan fingerprint density at radius 3 is 2.09 bits per heavy atom. The van der Waals surface area contributed by atoms with Crippen molar-refractivity contribution in [2.45, 2.75) is 158 Å². The van der Waals surface area contributed by atoms with Crippen LogP contribution in [0.5, 0.6) is 0 Å². The molecule has 5 fully saturated rings. The van der Waals surface area contributed by atoms with Gasteiger partial charge in [0.25, 0.3) is 5.91 Å². The van der Waals surface area contributed by atoms with E-state index in [1.165, 1.54) is 0 Å². The summed E-state index contributed by atoms with van der Waals surface area (Å²) in [6.45, 7) is 4.04. The molecule has 1 saturated heterocycles. The van der Waals surface area contributed by atoms with Gasteiger partial charge in [0, 0.05) is 12.6 Å². The van der Waals surface area contributed by atoms with Crippen molar-refractivity contribution in [3.05, 3.63) is 0 Å². The average molecular weight is 664 g/mol. The van der Waals surface area contributed by atoms with Gasteiger partial charge in [-0.3, -0.25) is 19.2 Å². The van der Waals surface area contributed by atoms with Crippen LogP contribution in [0.4, 0.5) is 4.79 Å². The normalized spacial score (nSPS) is 26.6. The molecule has 4 saturated carbocycles. The van der Waals surface area contributed by atoms with Crippen molar-refractivity contribution in [1.82, 2.24) is 26.2 Å². The number of carbonyl (C=O) groups excluding carboxylic acids is 5. The molecule has 5 unspecified atom stereocenters. The molecule has 46 heavy (non-hydrogen) atoms. The molecular weight excluding hydrogens is 610 g/mol. The lowest BCUT2D eigenvalue weighted by molar-refractivity contribution is -0.144. The monoisotopic (exact) mass is 663 g/mol. The van der Waals surface area contributed by atoms with Crippen molar-refractivity contribution in [2.24, 2.45) is 11.3 Å². The quantitative estimate of drug-likeness (QED) is 0.149. The molecule has 5 amide bonds. The topological polar surface area (TPSA) is 174 Å². The molecule has 0 aromatic carbocycles. The molecule has 1 heterocycles. The van der Waals surface area contributed by atoms with Crippen molar-refractivity contribution >= 4 is 40.6 Å². The summed E-state index contributed by atoms with van der Waals surface area (Å²) >= 11 is -2.13. The highest BCUT2D eigenvalue weighted by Crippen LogP contribution is 2.41. The summed E-state index contributed by atoms with van der Waals surface area (Å²) in [7, 11) is 0. The van der Waals surface area contributed by atoms with Gasteiger partial charge in [-0.15, -0.1) is 0 Å². The van der Waals surface area contributed by atoms with Gasteiger partial charge < -0.3 is 30.7 Å². The summed E-state index contributed by atoms with van der Waals surface area (Å²) in [5, 5.41) is 10.9. The maximum atomic E-state index is 14.4. The van der Waals surface area contributed by atoms with Crippen molar-refractivity contribution in [1.29, 1.82) is 0 Å². The van der Waals surface area contributed by atoms with Gasteiger partial charge in [-0.25, -0.2) is 9.00 Å². The van der Waals surface area contributed by atoms with Gasteiger partial charge in [0.2, 0.25) is 17.6 Å². The molecule has 0 radical (unpaired) electrons. The first kappa shape index (κ1) is 34.8. The third-order valence-electron chi connectivity index (χ3n) is 11.3. The second kappa shape index (κ2) is 14.7. The van der Waals surface area contributed by atoms with Crippen LogP contribution in [-0.2, 0) is 30.3 Å². The first-order chi connectivity index (χ1) is 21.9. The van der Waals surface area contributed by atoms with E-state index >= 15 is 0 Å². The molecule has 0 spiro atoms. The SMILES string of the molecule is CC(S(=O)O)C1(NC(=O)NC(C(=O)N2CCCC2C(=O)NC(CC2CC2)C(=O)C(=O)NC2CC2)C2(C)CCCCC2)CCCCC1. The molecule has 4 aliphatic carbocycles. The largest absolute Gasteiger partial charge is 0.347 e. The van der Waals surface area contributed by atoms with Gasteiger partial charge in [0.05, 0.1) is 16.8 Å². The summed E-state index contributed by atoms with van der Waals surface area (Å²) < 4.78 is 22.1. The van der Waals surface area contributed by atoms with E-state index in [0.29, 0.717) is 44.6 Å². The minimum atomic E-state index is -2.13. The summed E-state index contributed by atoms with van der Waals surface area (Å²) in [5.74, 6) is -1.78. The Morgan fingerprint density at radius 2 is 1.50 bits per heavy atom. The van der Waals surface area contributed by atoms with E-state index in [1.807, 2.05) is 6.92 Å². The fourth-order valence-corrected chi connectivity index (χ4v) is 8.56. The Bertz CT molecular complexity index is 1190. The highest BCUT2D eigenvalue weighted by Gasteiger charge is 2.48. The molecule has 5 N–H and O–H groups in total. The molecule has 258 valence electrons. The fourth-order valence-electron chi connectivity index (χ4n) is 7.88. The number of nitrogens with zero attached hydrogens (tertiary/aromatic N) is 1. The van der Waals surface area contributed by atoms with E-state index in [2.05, 4.69) is 21.3 Å². The van der Waals surface area contributed by atoms with Crippen molar-refractivity contribution in [3.63, 3.8) is 0 Å². The van der Waals surface area contributed by atoms with Crippen LogP contribution in [0.1, 0.15) is 123 Å². The zero-order valence-electron chi connectivity index (χ0n) is 27.4. The van der Waals surface area contributed by atoms with E-state index in [1.54, 1.807) is 11.8 Å². The van der Waals surface area contributed by atoms with Crippen LogP contribution < -0.4 is 21.3 Å². The number of rotatable bonds is 13. The molecular formula is C33H53N5O7S. The number of amides is 5. The number of hydrogen-bond donors (Lipinski definition) is 5. The maximum Gasteiger partial charge on any atom is 0.315 e. The maximum absolute atomic E-state index is 14.4. The Balaban J connectivity index is 1.31. The van der Waals surface area contributed by atoms with Crippen molar-refractivity contribution in [3.8, 4) is 0 Å². The van der Waals surface area contributed by atoms with Gasteiger partial charge in [-0.05, 0) is 76.0 Å². The number of likely N-dealkylation sites (tertiary alicyclic amines) is 1. The molecule has 0 aromatic heterocycles. The Morgan fingerprint density at radius 1 is 0.870 bits per heavy atom. The van der Waals surface area contributed by atoms with Gasteiger partial charge in [-0.1, -0.05) is 58.3 Å². The molecule has 13 heteroatoms. The van der Waals surface area contributed by atoms with E-state index in [-0.39, 0.29) is 11.9 Å². The summed E-state index contributed by atoms with van der Waals surface area (Å²) in [5.41, 5.74) is -1.39. The van der Waals surface area contributed by atoms with Crippen molar-refractivity contribution in [2.75, 3.05) is 6.54 Å². The summed E-state index contributed by atoms with van der Waals surface area (Å²) in [6.07, 6.45) is 13.2. The molecule has 12 nitrogen and oxygen atoms in total. The minimum Gasteiger partial charge on any atom is -0.347 e. The molecule has 5 rings (SSSR count). The summed E-state index contributed by atoms with van der Waals surface area (Å²) in [6, 6.07) is -3.15. The lowest BCUT2D eigenvalue weighted by Crippen LogP contribution is -2.65. The van der Waals surface area contributed by atoms with Gasteiger partial charge in [0.15, 0.2) is 11.1 Å². The number of urea groups is 1. The van der Waals surface area contributed by atoms with Gasteiger partial charge >= 0.3 is 6.03 Å². The standard InChI is InChI=1S/C33H53N5O7S/c1-21(46(44)45)33(17-7-4-8-18-33)37-31(43)36-27(32(2)15-5-3-6-16-32)30(42)38-19-9-10-25(38)28(40)35-24(20-22-11-12-22)26(39)29(41)34-23-13-14-23/h21-25,27H,3-20H2,1-2H3,(H,34,41)(H,35,40)(H,44,45)(H2,36,37,43). The summed E-state index contributed by atoms with van der Waals surface area (Å²) in [4.78, 5) is 69.1. The predicted octanol–water partition coefficient (Wildman–Crippen LogP) is 3.06. The van der Waals surface area contributed by atoms with Crippen LogP contribution in [0.3, 0.4) is 0 Å². The van der Waals surface area contributed by atoms with Gasteiger partial charge in [0.1, 0.15) is 12.1 Å². The van der Waals surface area contributed by atoms with Crippen LogP contribution in [0.15, 0.2) is 0 Å². The highest BCUT2D eigenvalue weighted by atomic mass is 32.2. The number of Topliss-reactive ketones (excluding diaryl/α,β-unsaturated/α-hetero) is 1.